The van der Waals surface area contributed by atoms with Gasteiger partial charge < -0.3 is 24.6 Å². The van der Waals surface area contributed by atoms with Crippen LogP contribution in [-0.4, -0.2) is 74.9 Å². The summed E-state index contributed by atoms with van der Waals surface area (Å²) in [6, 6.07) is 6.14. The van der Waals surface area contributed by atoms with E-state index in [1.54, 1.807) is 6.20 Å². The quantitative estimate of drug-likeness (QED) is 0.671. The molecule has 9 nitrogen and oxygen atoms in total. The number of nitrogens with zero attached hydrogens (tertiary/aromatic N) is 5. The Morgan fingerprint density at radius 1 is 1.29 bits per heavy atom. The summed E-state index contributed by atoms with van der Waals surface area (Å²) in [4.78, 5) is 32.3. The molecule has 1 unspecified atom stereocenters. The van der Waals surface area contributed by atoms with Gasteiger partial charge in [0.05, 0.1) is 24.9 Å². The molecule has 2 aliphatic rings. The normalized spacial score (nSPS) is 19.5. The molecule has 9 heteroatoms. The van der Waals surface area contributed by atoms with Crippen molar-refractivity contribution in [1.29, 1.82) is 0 Å². The molecule has 1 fully saturated rings. The van der Waals surface area contributed by atoms with Crippen LogP contribution in [0, 0.1) is 0 Å². The first-order chi connectivity index (χ1) is 15.1. The van der Waals surface area contributed by atoms with Gasteiger partial charge in [-0.1, -0.05) is 6.08 Å². The molecule has 2 aliphatic heterocycles. The van der Waals surface area contributed by atoms with Crippen LogP contribution in [0.1, 0.15) is 19.0 Å². The third-order valence-corrected chi connectivity index (χ3v) is 5.88. The lowest BCUT2D eigenvalue weighted by atomic mass is 10.0. The average Bonchev–Trinajstić information content (AvgIpc) is 3.28. The molecular formula is C22H24N6O3. The Hall–Kier alpha value is -3.46. The van der Waals surface area contributed by atoms with Gasteiger partial charge in [0.2, 0.25) is 0 Å². The van der Waals surface area contributed by atoms with Crippen molar-refractivity contribution in [1.82, 2.24) is 24.8 Å². The lowest BCUT2D eigenvalue weighted by molar-refractivity contribution is 0.0985. The number of rotatable bonds is 3. The van der Waals surface area contributed by atoms with E-state index < -0.39 is 6.09 Å². The number of aromatic amines is 1. The van der Waals surface area contributed by atoms with Crippen molar-refractivity contribution in [2.75, 3.05) is 37.7 Å². The molecule has 31 heavy (non-hydrogen) atoms. The van der Waals surface area contributed by atoms with Crippen LogP contribution in [-0.2, 0) is 4.74 Å². The SMILES string of the molecule is CC1COCCN1c1cc(C2=CCN(C(=O)O)CC2)nc(-c2ccnc3[nH]ccc23)n1. The van der Waals surface area contributed by atoms with Gasteiger partial charge in [-0.25, -0.2) is 19.7 Å². The van der Waals surface area contributed by atoms with E-state index in [4.69, 9.17) is 14.7 Å². The van der Waals surface area contributed by atoms with Crippen LogP contribution in [0.2, 0.25) is 0 Å². The van der Waals surface area contributed by atoms with Crippen molar-refractivity contribution in [2.24, 2.45) is 0 Å². The van der Waals surface area contributed by atoms with Gasteiger partial charge in [0.1, 0.15) is 11.5 Å². The number of anilines is 1. The number of hydrogen-bond donors (Lipinski definition) is 2. The maximum absolute atomic E-state index is 11.3. The molecule has 0 radical (unpaired) electrons. The van der Waals surface area contributed by atoms with Crippen molar-refractivity contribution >= 4 is 28.5 Å². The third kappa shape index (κ3) is 3.72. The van der Waals surface area contributed by atoms with E-state index in [1.807, 2.05) is 30.5 Å². The fourth-order valence-electron chi connectivity index (χ4n) is 4.17. The van der Waals surface area contributed by atoms with Gasteiger partial charge in [-0.05, 0) is 31.1 Å². The molecule has 1 saturated heterocycles. The maximum atomic E-state index is 11.3. The van der Waals surface area contributed by atoms with Gasteiger partial charge in [0, 0.05) is 49.0 Å². The third-order valence-electron chi connectivity index (χ3n) is 5.88. The van der Waals surface area contributed by atoms with E-state index in [0.717, 1.165) is 40.2 Å². The van der Waals surface area contributed by atoms with E-state index in [-0.39, 0.29) is 6.04 Å². The minimum absolute atomic E-state index is 0.205. The topological polar surface area (TPSA) is 107 Å². The summed E-state index contributed by atoms with van der Waals surface area (Å²) in [5.74, 6) is 1.50. The number of pyridine rings is 1. The van der Waals surface area contributed by atoms with Crippen molar-refractivity contribution in [3.05, 3.63) is 42.4 Å². The second-order valence-electron chi connectivity index (χ2n) is 7.86. The molecule has 1 atom stereocenters. The number of nitrogens with one attached hydrogen (secondary N) is 1. The average molecular weight is 420 g/mol. The number of H-pyrrole nitrogens is 1. The summed E-state index contributed by atoms with van der Waals surface area (Å²) in [5.41, 5.74) is 3.59. The molecule has 0 aromatic carbocycles. The van der Waals surface area contributed by atoms with E-state index >= 15 is 0 Å². The summed E-state index contributed by atoms with van der Waals surface area (Å²) in [5, 5.41) is 10.2. The van der Waals surface area contributed by atoms with Gasteiger partial charge in [-0.2, -0.15) is 0 Å². The summed E-state index contributed by atoms with van der Waals surface area (Å²) < 4.78 is 5.61. The van der Waals surface area contributed by atoms with Crippen LogP contribution in [0.5, 0.6) is 0 Å². The minimum atomic E-state index is -0.895. The van der Waals surface area contributed by atoms with Crippen molar-refractivity contribution < 1.29 is 14.6 Å². The highest BCUT2D eigenvalue weighted by molar-refractivity contribution is 5.91. The lowest BCUT2D eigenvalue weighted by Gasteiger charge is -2.34. The largest absolute Gasteiger partial charge is 0.465 e. The number of aromatic nitrogens is 4. The Labute approximate surface area is 179 Å². The molecule has 0 bridgehead atoms. The van der Waals surface area contributed by atoms with Crippen molar-refractivity contribution in [2.45, 2.75) is 19.4 Å². The number of amides is 1. The Bertz CT molecular complexity index is 1160. The highest BCUT2D eigenvalue weighted by atomic mass is 16.5. The number of morpholine rings is 1. The van der Waals surface area contributed by atoms with E-state index in [0.29, 0.717) is 38.5 Å². The smallest absolute Gasteiger partial charge is 0.407 e. The minimum Gasteiger partial charge on any atom is -0.465 e. The summed E-state index contributed by atoms with van der Waals surface area (Å²) in [6.07, 6.45) is 5.30. The number of fused-ring (bicyclic) bond motifs is 1. The molecule has 3 aromatic heterocycles. The van der Waals surface area contributed by atoms with Gasteiger partial charge in [0.25, 0.3) is 0 Å². The Morgan fingerprint density at radius 2 is 2.19 bits per heavy atom. The van der Waals surface area contributed by atoms with E-state index in [2.05, 4.69) is 21.8 Å². The molecule has 0 saturated carbocycles. The zero-order chi connectivity index (χ0) is 21.4. The van der Waals surface area contributed by atoms with Crippen molar-refractivity contribution in [3.63, 3.8) is 0 Å². The fraction of sp³-hybridized carbons (Fsp3) is 0.364. The first-order valence-electron chi connectivity index (χ1n) is 10.4. The number of ether oxygens (including phenoxy) is 1. The number of hydrogen-bond acceptors (Lipinski definition) is 6. The molecule has 3 aromatic rings. The van der Waals surface area contributed by atoms with Crippen LogP contribution in [0.4, 0.5) is 10.6 Å². The van der Waals surface area contributed by atoms with Crippen LogP contribution in [0.15, 0.2) is 36.7 Å². The monoisotopic (exact) mass is 420 g/mol. The predicted octanol–water partition coefficient (Wildman–Crippen LogP) is 3.01. The molecule has 0 aliphatic carbocycles. The van der Waals surface area contributed by atoms with Gasteiger partial charge in [-0.3, -0.25) is 0 Å². The molecule has 5 rings (SSSR count). The first-order valence-corrected chi connectivity index (χ1v) is 10.4. The highest BCUT2D eigenvalue weighted by Crippen LogP contribution is 2.31. The van der Waals surface area contributed by atoms with E-state index in [1.165, 1.54) is 4.90 Å². The molecular weight excluding hydrogens is 396 g/mol. The zero-order valence-electron chi connectivity index (χ0n) is 17.3. The first kappa shape index (κ1) is 19.5. The van der Waals surface area contributed by atoms with Crippen LogP contribution < -0.4 is 4.90 Å². The molecule has 1 amide bonds. The van der Waals surface area contributed by atoms with Gasteiger partial charge in [-0.15, -0.1) is 0 Å². The lowest BCUT2D eigenvalue weighted by Crippen LogP contribution is -2.44. The second kappa shape index (κ2) is 7.99. The maximum Gasteiger partial charge on any atom is 0.407 e. The summed E-state index contributed by atoms with van der Waals surface area (Å²) >= 11 is 0. The van der Waals surface area contributed by atoms with Crippen molar-refractivity contribution in [3.8, 4) is 11.4 Å². The Balaban J connectivity index is 1.61. The van der Waals surface area contributed by atoms with Gasteiger partial charge in [0.15, 0.2) is 5.82 Å². The van der Waals surface area contributed by atoms with Crippen LogP contribution >= 0.6 is 0 Å². The standard InChI is InChI=1S/C22H24N6O3/c1-14-13-31-11-10-28(14)19-12-18(15-4-8-27(9-5-15)22(29)30)25-21(26-19)17-3-7-24-20-16(17)2-6-23-20/h2-4,6-7,12,14H,5,8-11,13H2,1H3,(H,23,24)(H,29,30). The van der Waals surface area contributed by atoms with Crippen LogP contribution in [0.3, 0.4) is 0 Å². The Morgan fingerprint density at radius 3 is 2.97 bits per heavy atom. The molecule has 0 spiro atoms. The number of carbonyl (C=O) groups is 1. The summed E-state index contributed by atoms with van der Waals surface area (Å²) in [6.45, 7) is 5.03. The zero-order valence-corrected chi connectivity index (χ0v) is 17.3. The van der Waals surface area contributed by atoms with Gasteiger partial charge >= 0.3 is 6.09 Å². The molecule has 160 valence electrons. The van der Waals surface area contributed by atoms with E-state index in [9.17, 15) is 9.90 Å². The predicted molar refractivity (Wildman–Crippen MR) is 117 cm³/mol. The molecule has 2 N–H and O–H groups in total. The Kier molecular flexibility index (Phi) is 5.03. The fourth-order valence-corrected chi connectivity index (χ4v) is 4.17. The number of carboxylic acid groups (broad SMARTS) is 1. The second-order valence-corrected chi connectivity index (χ2v) is 7.86. The molecule has 5 heterocycles. The van der Waals surface area contributed by atoms with Crippen LogP contribution in [0.25, 0.3) is 28.0 Å². The highest BCUT2D eigenvalue weighted by Gasteiger charge is 2.24. The summed E-state index contributed by atoms with van der Waals surface area (Å²) in [7, 11) is 0.